The standard InChI is InChI=1S/C64H79N11O10S/c1-42(2)84-58-7-5-4-6-50(58)57-40-70(39-45-8-9-47(38-66-45)72-27-30-82-31-28-72)25-26-73(57)48-35-64(36-48)20-23-71(24-21-64)46-10-12-51(54(33-46)74-53-17-29-83-41-59(53)85-62-56(74)32-44-16-22-65-60(44)68-62)61(76)69-86(80,81)49-11-13-52(55(34-49)75(78)79)67-37-43-14-18-63(3,77)19-15-43/h4-13,16,22,32-34,38,42-43,48,53,57,59,67,77H,14-15,17-21,23-31,35-37,39-41H2,1-3H3,(H,65,68)(H,69,76)/t43-,53-,57+,59-,63-/m0/s1. The van der Waals surface area contributed by atoms with Crippen molar-refractivity contribution >= 4 is 61.1 Å². The van der Waals surface area contributed by atoms with E-state index in [9.17, 15) is 28.4 Å². The number of pyridine rings is 2. The highest BCUT2D eigenvalue weighted by molar-refractivity contribution is 7.90. The van der Waals surface area contributed by atoms with Crippen molar-refractivity contribution in [2.75, 3.05) is 98.8 Å². The Labute approximate surface area is 502 Å². The van der Waals surface area contributed by atoms with Gasteiger partial charge >= 0.3 is 0 Å². The molecule has 1 spiro atoms. The Morgan fingerprint density at radius 3 is 2.43 bits per heavy atom. The van der Waals surface area contributed by atoms with Crippen molar-refractivity contribution in [3.8, 4) is 11.6 Å². The summed E-state index contributed by atoms with van der Waals surface area (Å²) in [7, 11) is -4.65. The quantitative estimate of drug-likeness (QED) is 0.0523. The number of hydrogen-bond donors (Lipinski definition) is 4. The highest BCUT2D eigenvalue weighted by atomic mass is 32.2. The lowest BCUT2D eigenvalue weighted by molar-refractivity contribution is -0.384. The van der Waals surface area contributed by atoms with Crippen LogP contribution < -0.4 is 34.2 Å². The molecule has 3 aromatic heterocycles. The van der Waals surface area contributed by atoms with Crippen LogP contribution in [0.15, 0.2) is 102 Å². The zero-order chi connectivity index (χ0) is 59.3. The van der Waals surface area contributed by atoms with Crippen LogP contribution >= 0.6 is 0 Å². The number of para-hydroxylation sites is 1. The molecule has 3 aromatic carbocycles. The number of nitro benzene ring substituents is 1. The molecule has 13 rings (SSSR count). The second kappa shape index (κ2) is 23.9. The number of morpholine rings is 1. The molecule has 86 heavy (non-hydrogen) atoms. The van der Waals surface area contributed by atoms with Gasteiger partial charge in [-0.15, -0.1) is 0 Å². The van der Waals surface area contributed by atoms with Gasteiger partial charge in [-0.3, -0.25) is 29.7 Å². The van der Waals surface area contributed by atoms with Gasteiger partial charge in [0.25, 0.3) is 21.6 Å². The van der Waals surface area contributed by atoms with Gasteiger partial charge in [-0.2, -0.15) is 4.98 Å². The number of piperidine rings is 1. The molecule has 0 unspecified atom stereocenters. The minimum Gasteiger partial charge on any atom is -0.491 e. The molecule has 6 aromatic rings. The number of amides is 1. The molecule has 3 atom stereocenters. The number of piperazine rings is 1. The van der Waals surface area contributed by atoms with Gasteiger partial charge in [0, 0.05) is 100 Å². The summed E-state index contributed by atoms with van der Waals surface area (Å²) >= 11 is 0. The summed E-state index contributed by atoms with van der Waals surface area (Å²) in [4.78, 5) is 51.4. The molecule has 4 N–H and O–H groups in total. The number of aromatic amines is 1. The molecule has 1 amide bonds. The Balaban J connectivity index is 0.743. The number of nitro groups is 1. The van der Waals surface area contributed by atoms with Crippen LogP contribution in [-0.4, -0.2) is 158 Å². The van der Waals surface area contributed by atoms with Gasteiger partial charge in [0.1, 0.15) is 28.9 Å². The van der Waals surface area contributed by atoms with Gasteiger partial charge in [-0.25, -0.2) is 13.1 Å². The molecule has 7 aliphatic rings. The number of benzene rings is 3. The average Bonchev–Trinajstić information content (AvgIpc) is 2.92. The summed E-state index contributed by atoms with van der Waals surface area (Å²) < 4.78 is 55.5. The van der Waals surface area contributed by atoms with Crippen LogP contribution in [0, 0.1) is 21.4 Å². The van der Waals surface area contributed by atoms with E-state index in [0.29, 0.717) is 68.0 Å². The number of carbonyl (C=O) groups excluding carboxylic acids is 1. The van der Waals surface area contributed by atoms with Crippen LogP contribution in [0.3, 0.4) is 0 Å². The topological polar surface area (TPSA) is 233 Å². The second-order valence-corrected chi connectivity index (χ2v) is 27.1. The molecule has 6 fully saturated rings. The summed E-state index contributed by atoms with van der Waals surface area (Å²) in [5.41, 5.74) is 5.38. The lowest BCUT2D eigenvalue weighted by Crippen LogP contribution is -2.59. The lowest BCUT2D eigenvalue weighted by Gasteiger charge is -2.58. The van der Waals surface area contributed by atoms with E-state index in [1.54, 1.807) is 6.07 Å². The molecule has 22 heteroatoms. The third kappa shape index (κ3) is 12.0. The van der Waals surface area contributed by atoms with Gasteiger partial charge in [0.2, 0.25) is 5.88 Å². The van der Waals surface area contributed by atoms with Crippen LogP contribution in [0.2, 0.25) is 0 Å². The first-order valence-corrected chi connectivity index (χ1v) is 32.3. The van der Waals surface area contributed by atoms with Crippen molar-refractivity contribution in [1.29, 1.82) is 0 Å². The number of H-pyrrole nitrogens is 1. The molecule has 4 saturated heterocycles. The number of ether oxygens (including phenoxy) is 4. The normalized spacial score (nSPS) is 24.6. The van der Waals surface area contributed by atoms with E-state index in [-0.39, 0.29) is 40.8 Å². The van der Waals surface area contributed by atoms with Crippen LogP contribution in [0.5, 0.6) is 11.6 Å². The van der Waals surface area contributed by atoms with E-state index < -0.39 is 43.1 Å². The van der Waals surface area contributed by atoms with Crippen LogP contribution in [0.4, 0.5) is 34.1 Å². The molecule has 21 nitrogen and oxygen atoms in total. The van der Waals surface area contributed by atoms with Gasteiger partial charge in [0.05, 0.1) is 82.3 Å². The number of aliphatic hydroxyl groups is 1. The lowest BCUT2D eigenvalue weighted by atomic mass is 9.59. The Morgan fingerprint density at radius 2 is 1.66 bits per heavy atom. The summed E-state index contributed by atoms with van der Waals surface area (Å²) in [6, 6.07) is 26.3. The van der Waals surface area contributed by atoms with Crippen LogP contribution in [0.1, 0.15) is 106 Å². The number of hydrogen-bond acceptors (Lipinski definition) is 18. The molecular weight excluding hydrogens is 1110 g/mol. The van der Waals surface area contributed by atoms with Crippen molar-refractivity contribution in [2.24, 2.45) is 11.3 Å². The van der Waals surface area contributed by atoms with Crippen molar-refractivity contribution < 1.29 is 42.2 Å². The Kier molecular flexibility index (Phi) is 16.1. The van der Waals surface area contributed by atoms with E-state index in [4.69, 9.17) is 28.9 Å². The number of anilines is 5. The van der Waals surface area contributed by atoms with Gasteiger partial charge < -0.3 is 49.1 Å². The molecule has 0 bridgehead atoms. The molecule has 2 aliphatic carbocycles. The Hall–Kier alpha value is -7.08. The number of nitrogens with one attached hydrogen (secondary N) is 3. The third-order valence-electron chi connectivity index (χ3n) is 19.3. The highest BCUT2D eigenvalue weighted by Gasteiger charge is 2.51. The predicted molar refractivity (Wildman–Crippen MR) is 328 cm³/mol. The maximum Gasteiger partial charge on any atom is 0.293 e. The first kappa shape index (κ1) is 58.0. The number of sulfonamides is 1. The van der Waals surface area contributed by atoms with Gasteiger partial charge in [0.15, 0.2) is 0 Å². The predicted octanol–water partition coefficient (Wildman–Crippen LogP) is 8.96. The summed E-state index contributed by atoms with van der Waals surface area (Å²) in [6.07, 6.45) is 10.9. The van der Waals surface area contributed by atoms with Crippen LogP contribution in [-0.2, 0) is 26.0 Å². The highest BCUT2D eigenvalue weighted by Crippen LogP contribution is 2.54. The molecule has 0 radical (unpaired) electrons. The van der Waals surface area contributed by atoms with E-state index in [1.807, 2.05) is 43.6 Å². The first-order valence-electron chi connectivity index (χ1n) is 30.8. The van der Waals surface area contributed by atoms with Crippen molar-refractivity contribution in [2.45, 2.75) is 126 Å². The molecule has 5 aliphatic heterocycles. The van der Waals surface area contributed by atoms with E-state index in [1.165, 1.54) is 17.7 Å². The summed E-state index contributed by atoms with van der Waals surface area (Å²) in [5.74, 6) is 0.598. The average molecular weight is 1190 g/mol. The molecule has 2 saturated carbocycles. The largest absolute Gasteiger partial charge is 0.491 e. The maximum atomic E-state index is 14.9. The zero-order valence-corrected chi connectivity index (χ0v) is 50.2. The molecule has 456 valence electrons. The van der Waals surface area contributed by atoms with Crippen molar-refractivity contribution in [3.63, 3.8) is 0 Å². The number of carbonyl (C=O) groups is 1. The SMILES string of the molecule is CC(C)Oc1ccccc1[C@H]1CN(Cc2ccc(N3CCOCC3)cn2)CCN1C1CC2(CCN(c3ccc(C(=O)NS(=O)(=O)c4ccc(NC[C@H]5CC[C@](C)(O)CC5)c([N+](=O)[O-])c4)c(N4c5cc6cc[nH]c6nc5O[C@H]5COCC[C@@H]54)c3)CC2)C1. The third-order valence-corrected chi connectivity index (χ3v) is 20.6. The Morgan fingerprint density at radius 1 is 0.884 bits per heavy atom. The van der Waals surface area contributed by atoms with Crippen molar-refractivity contribution in [3.05, 3.63) is 124 Å². The summed E-state index contributed by atoms with van der Waals surface area (Å²) in [5, 5.41) is 26.9. The fraction of sp³-hybridized carbons (Fsp3) is 0.516. The Bertz CT molecular complexity index is 3550. The smallest absolute Gasteiger partial charge is 0.293 e. The van der Waals surface area contributed by atoms with E-state index in [0.717, 1.165) is 138 Å². The minimum atomic E-state index is -4.65. The van der Waals surface area contributed by atoms with Gasteiger partial charge in [-0.05, 0) is 151 Å². The number of aromatic nitrogens is 3. The monoisotopic (exact) mass is 1190 g/mol. The fourth-order valence-electron chi connectivity index (χ4n) is 14.4. The van der Waals surface area contributed by atoms with Crippen molar-refractivity contribution in [1.82, 2.24) is 29.5 Å². The summed E-state index contributed by atoms with van der Waals surface area (Å²) in [6.45, 7) is 15.5. The molecular formula is C64H79N11O10S. The second-order valence-electron chi connectivity index (χ2n) is 25.4. The number of nitrogens with zero attached hydrogens (tertiary/aromatic N) is 8. The van der Waals surface area contributed by atoms with Crippen LogP contribution in [0.25, 0.3) is 11.0 Å². The molecule has 8 heterocycles. The van der Waals surface area contributed by atoms with E-state index >= 15 is 0 Å². The van der Waals surface area contributed by atoms with E-state index in [2.05, 4.69) is 89.8 Å². The fourth-order valence-corrected chi connectivity index (χ4v) is 15.4. The van der Waals surface area contributed by atoms with Gasteiger partial charge in [-0.1, -0.05) is 18.2 Å². The minimum absolute atomic E-state index is 0.0380. The number of rotatable bonds is 16. The number of fused-ring (bicyclic) bond motifs is 3. The maximum absolute atomic E-state index is 14.9. The first-order chi connectivity index (χ1) is 41.5. The zero-order valence-electron chi connectivity index (χ0n) is 49.4.